The Labute approximate surface area is 107 Å². The van der Waals surface area contributed by atoms with Gasteiger partial charge in [0.2, 0.25) is 5.91 Å². The largest absolute Gasteiger partial charge is 0.352 e. The standard InChI is InChI=1S/C13H19ClN2O/c1-3-12(15)13(17)16-9(2)8-10-6-4-5-7-11(10)14/h4-7,9,12H,3,8,15H2,1-2H3,(H,16,17). The zero-order valence-electron chi connectivity index (χ0n) is 10.2. The van der Waals surface area contributed by atoms with Gasteiger partial charge >= 0.3 is 0 Å². The van der Waals surface area contributed by atoms with Crippen molar-refractivity contribution in [2.75, 3.05) is 0 Å². The molecule has 1 rings (SSSR count). The highest BCUT2D eigenvalue weighted by molar-refractivity contribution is 6.31. The van der Waals surface area contributed by atoms with E-state index >= 15 is 0 Å². The molecule has 2 unspecified atom stereocenters. The van der Waals surface area contributed by atoms with Crippen LogP contribution in [0.3, 0.4) is 0 Å². The number of halogens is 1. The van der Waals surface area contributed by atoms with E-state index in [-0.39, 0.29) is 11.9 Å². The van der Waals surface area contributed by atoms with Gasteiger partial charge in [-0.1, -0.05) is 36.7 Å². The summed E-state index contributed by atoms with van der Waals surface area (Å²) in [5.74, 6) is -0.105. The van der Waals surface area contributed by atoms with Gasteiger partial charge in [0.05, 0.1) is 6.04 Å². The van der Waals surface area contributed by atoms with E-state index in [4.69, 9.17) is 17.3 Å². The summed E-state index contributed by atoms with van der Waals surface area (Å²) in [6, 6.07) is 7.24. The van der Waals surface area contributed by atoms with Crippen molar-refractivity contribution < 1.29 is 4.79 Å². The fraction of sp³-hybridized carbons (Fsp3) is 0.462. The molecule has 4 heteroatoms. The highest BCUT2D eigenvalue weighted by Crippen LogP contribution is 2.16. The van der Waals surface area contributed by atoms with Crippen LogP contribution >= 0.6 is 11.6 Å². The van der Waals surface area contributed by atoms with Crippen molar-refractivity contribution in [2.24, 2.45) is 5.73 Å². The van der Waals surface area contributed by atoms with E-state index in [1.165, 1.54) is 0 Å². The number of nitrogens with one attached hydrogen (secondary N) is 1. The first kappa shape index (κ1) is 14.0. The first-order chi connectivity index (χ1) is 8.04. The van der Waals surface area contributed by atoms with Gasteiger partial charge in [0.15, 0.2) is 0 Å². The molecule has 2 atom stereocenters. The van der Waals surface area contributed by atoms with Gasteiger partial charge in [0, 0.05) is 11.1 Å². The average molecular weight is 255 g/mol. The Hall–Kier alpha value is -1.06. The van der Waals surface area contributed by atoms with Crippen LogP contribution in [0.15, 0.2) is 24.3 Å². The molecule has 1 amide bonds. The third-order valence-corrected chi connectivity index (χ3v) is 3.02. The third-order valence-electron chi connectivity index (χ3n) is 2.65. The van der Waals surface area contributed by atoms with Gasteiger partial charge < -0.3 is 11.1 Å². The Balaban J connectivity index is 2.53. The summed E-state index contributed by atoms with van der Waals surface area (Å²) in [6.45, 7) is 3.84. The molecule has 0 bridgehead atoms. The zero-order chi connectivity index (χ0) is 12.8. The Kier molecular flexibility index (Phi) is 5.45. The average Bonchev–Trinajstić information content (AvgIpc) is 2.31. The van der Waals surface area contributed by atoms with Gasteiger partial charge in [-0.05, 0) is 31.4 Å². The van der Waals surface area contributed by atoms with Crippen molar-refractivity contribution in [1.29, 1.82) is 0 Å². The van der Waals surface area contributed by atoms with Gasteiger partial charge in [0.25, 0.3) is 0 Å². The first-order valence-electron chi connectivity index (χ1n) is 5.84. The molecule has 1 aromatic carbocycles. The molecule has 0 aliphatic heterocycles. The van der Waals surface area contributed by atoms with E-state index < -0.39 is 6.04 Å². The molecule has 0 saturated carbocycles. The number of hydrogen-bond donors (Lipinski definition) is 2. The van der Waals surface area contributed by atoms with E-state index in [1.807, 2.05) is 38.1 Å². The quantitative estimate of drug-likeness (QED) is 0.846. The normalized spacial score (nSPS) is 14.1. The molecule has 0 heterocycles. The monoisotopic (exact) mass is 254 g/mol. The van der Waals surface area contributed by atoms with E-state index in [0.717, 1.165) is 10.6 Å². The second-order valence-electron chi connectivity index (χ2n) is 4.22. The summed E-state index contributed by atoms with van der Waals surface area (Å²) in [6.07, 6.45) is 1.35. The van der Waals surface area contributed by atoms with Crippen LogP contribution in [0.5, 0.6) is 0 Å². The minimum atomic E-state index is -0.427. The number of hydrogen-bond acceptors (Lipinski definition) is 2. The molecule has 3 nitrogen and oxygen atoms in total. The number of amides is 1. The van der Waals surface area contributed by atoms with Crippen molar-refractivity contribution in [3.63, 3.8) is 0 Å². The molecule has 0 spiro atoms. The Morgan fingerprint density at radius 2 is 2.12 bits per heavy atom. The number of rotatable bonds is 5. The molecule has 0 radical (unpaired) electrons. The highest BCUT2D eigenvalue weighted by Gasteiger charge is 2.14. The van der Waals surface area contributed by atoms with Crippen molar-refractivity contribution in [2.45, 2.75) is 38.8 Å². The van der Waals surface area contributed by atoms with E-state index in [1.54, 1.807) is 0 Å². The SMILES string of the molecule is CCC(N)C(=O)NC(C)Cc1ccccc1Cl. The lowest BCUT2D eigenvalue weighted by Gasteiger charge is -2.17. The van der Waals surface area contributed by atoms with Crippen LogP contribution < -0.4 is 11.1 Å². The smallest absolute Gasteiger partial charge is 0.237 e. The molecule has 17 heavy (non-hydrogen) atoms. The summed E-state index contributed by atoms with van der Waals surface area (Å²) >= 11 is 6.06. The van der Waals surface area contributed by atoms with E-state index in [2.05, 4.69) is 5.32 Å². The van der Waals surface area contributed by atoms with Crippen LogP contribution in [0, 0.1) is 0 Å². The predicted molar refractivity (Wildman–Crippen MR) is 71.0 cm³/mol. The lowest BCUT2D eigenvalue weighted by molar-refractivity contribution is -0.123. The topological polar surface area (TPSA) is 55.1 Å². The van der Waals surface area contributed by atoms with Crippen LogP contribution in [-0.2, 0) is 11.2 Å². The molecule has 0 saturated heterocycles. The number of carbonyl (C=O) groups excluding carboxylic acids is 1. The van der Waals surface area contributed by atoms with Gasteiger partial charge in [-0.25, -0.2) is 0 Å². The van der Waals surface area contributed by atoms with Crippen LogP contribution in [0.2, 0.25) is 5.02 Å². The van der Waals surface area contributed by atoms with Crippen molar-refractivity contribution in [3.8, 4) is 0 Å². The Morgan fingerprint density at radius 1 is 1.47 bits per heavy atom. The van der Waals surface area contributed by atoms with E-state index in [9.17, 15) is 4.79 Å². The lowest BCUT2D eigenvalue weighted by Crippen LogP contribution is -2.44. The van der Waals surface area contributed by atoms with Gasteiger partial charge in [-0.15, -0.1) is 0 Å². The zero-order valence-corrected chi connectivity index (χ0v) is 11.0. The molecule has 1 aromatic rings. The summed E-state index contributed by atoms with van der Waals surface area (Å²) in [4.78, 5) is 11.6. The van der Waals surface area contributed by atoms with Crippen LogP contribution in [0.25, 0.3) is 0 Å². The molecular weight excluding hydrogens is 236 g/mol. The molecule has 0 aliphatic carbocycles. The molecule has 94 valence electrons. The second-order valence-corrected chi connectivity index (χ2v) is 4.63. The van der Waals surface area contributed by atoms with Gasteiger partial charge in [0.1, 0.15) is 0 Å². The maximum absolute atomic E-state index is 11.6. The molecule has 3 N–H and O–H groups in total. The predicted octanol–water partition coefficient (Wildman–Crippen LogP) is 2.12. The Bertz CT molecular complexity index is 381. The van der Waals surface area contributed by atoms with Crippen LogP contribution in [-0.4, -0.2) is 18.0 Å². The summed E-state index contributed by atoms with van der Waals surface area (Å²) < 4.78 is 0. The third kappa shape index (κ3) is 4.36. The lowest BCUT2D eigenvalue weighted by atomic mass is 10.1. The number of carbonyl (C=O) groups is 1. The molecule has 0 aromatic heterocycles. The fourth-order valence-electron chi connectivity index (χ4n) is 1.58. The van der Waals surface area contributed by atoms with Gasteiger partial charge in [-0.2, -0.15) is 0 Å². The van der Waals surface area contributed by atoms with Crippen molar-refractivity contribution in [1.82, 2.24) is 5.32 Å². The Morgan fingerprint density at radius 3 is 2.71 bits per heavy atom. The number of nitrogens with two attached hydrogens (primary N) is 1. The number of benzene rings is 1. The summed E-state index contributed by atoms with van der Waals surface area (Å²) in [7, 11) is 0. The van der Waals surface area contributed by atoms with Crippen LogP contribution in [0.1, 0.15) is 25.8 Å². The second kappa shape index (κ2) is 6.62. The summed E-state index contributed by atoms with van der Waals surface area (Å²) in [5.41, 5.74) is 6.68. The van der Waals surface area contributed by atoms with Gasteiger partial charge in [-0.3, -0.25) is 4.79 Å². The highest BCUT2D eigenvalue weighted by atomic mass is 35.5. The van der Waals surface area contributed by atoms with E-state index in [0.29, 0.717) is 12.8 Å². The molecule has 0 aliphatic rings. The minimum absolute atomic E-state index is 0.0278. The maximum Gasteiger partial charge on any atom is 0.237 e. The maximum atomic E-state index is 11.6. The molecule has 0 fully saturated rings. The van der Waals surface area contributed by atoms with Crippen molar-refractivity contribution in [3.05, 3.63) is 34.9 Å². The van der Waals surface area contributed by atoms with Crippen molar-refractivity contribution >= 4 is 17.5 Å². The fourth-order valence-corrected chi connectivity index (χ4v) is 1.79. The first-order valence-corrected chi connectivity index (χ1v) is 6.21. The van der Waals surface area contributed by atoms with Crippen LogP contribution in [0.4, 0.5) is 0 Å². The molecular formula is C13H19ClN2O. The summed E-state index contributed by atoms with van der Waals surface area (Å²) in [5, 5.41) is 3.61. The minimum Gasteiger partial charge on any atom is -0.352 e.